The molecule has 6 aliphatic rings. The van der Waals surface area contributed by atoms with Crippen LogP contribution < -0.4 is 24.8 Å². The Morgan fingerprint density at radius 2 is 1.68 bits per heavy atom. The number of ketones is 1. The third kappa shape index (κ3) is 6.81. The number of benzene rings is 3. The summed E-state index contributed by atoms with van der Waals surface area (Å²) in [5.74, 6) is 0.764. The van der Waals surface area contributed by atoms with Crippen LogP contribution in [-0.4, -0.2) is 93.3 Å². The predicted octanol–water partition coefficient (Wildman–Crippen LogP) is 4.66. The molecular formula is C46H51N6O7+. The molecule has 0 radical (unpaired) electrons. The second-order valence-electron chi connectivity index (χ2n) is 17.4. The number of fused-ring (bicyclic) bond motifs is 4. The van der Waals surface area contributed by atoms with E-state index in [0.29, 0.717) is 30.0 Å². The maximum atomic E-state index is 14.1. The number of nitrogens with zero attached hydrogens (tertiary/aromatic N) is 6. The number of nitro groups is 1. The summed E-state index contributed by atoms with van der Waals surface area (Å²) < 4.78 is 11.1. The number of hydrogen-bond donors (Lipinski definition) is 2. The lowest BCUT2D eigenvalue weighted by molar-refractivity contribution is -0.397. The summed E-state index contributed by atoms with van der Waals surface area (Å²) in [6.07, 6.45) is 13.0. The van der Waals surface area contributed by atoms with Gasteiger partial charge in [-0.2, -0.15) is 0 Å². The lowest BCUT2D eigenvalue weighted by Crippen LogP contribution is -2.45. The number of ether oxygens (including phenoxy) is 1. The van der Waals surface area contributed by atoms with Crippen LogP contribution in [0.3, 0.4) is 0 Å². The highest BCUT2D eigenvalue weighted by atomic mass is 16.6. The maximum absolute atomic E-state index is 14.1. The van der Waals surface area contributed by atoms with Gasteiger partial charge in [0.15, 0.2) is 5.78 Å². The van der Waals surface area contributed by atoms with Gasteiger partial charge < -0.3 is 34.9 Å². The number of aryl methyl sites for hydroxylation is 2. The molecular weight excluding hydrogens is 749 g/mol. The zero-order valence-electron chi connectivity index (χ0n) is 33.5. The normalized spacial score (nSPS) is 19.0. The number of hydrogen-bond acceptors (Lipinski definition) is 9. The molecule has 1 saturated heterocycles. The SMILES string of the molecule is O=C(CCC1CCN(CC(O)Cn2ccnc2[N+](=O)[O-])CC1)c1ccc(C(=O)O)c(C2=c3cc4c5c(c3Oc3c2cc2c6c3CCCN6CCC2)CCC[N+]=5CCC4)c1. The Morgan fingerprint density at radius 3 is 2.47 bits per heavy atom. The number of Topliss-reactive ketones (excluding diaryl/α,β-unsaturated/α-hetero) is 1. The molecule has 1 fully saturated rings. The number of rotatable bonds is 11. The molecule has 2 N–H and O–H groups in total. The standard InChI is InChI=1S/C46H50N6O7/c53-32(27-51-22-15-47-46(51)52(57)58)26-48-20-13-28(14-21-48)9-12-39(54)29-10-11-33(45(55)56)36(23-29)40-37-24-30-5-1-16-49-18-3-7-34(41(30)49)43(37)59-44-35-8-4-19-50-17-2-6-31(42(35)50)25-38(40)44/h10-11,15,22-25,28,32,53H,1-9,12-14,16-21,26-27H2/p+1. The number of piperidine rings is 1. The zero-order chi connectivity index (χ0) is 40.4. The van der Waals surface area contributed by atoms with Crippen LogP contribution in [0.1, 0.15) is 105 Å². The Labute approximate surface area is 342 Å². The smallest absolute Gasteiger partial charge is 0.434 e. The van der Waals surface area contributed by atoms with Gasteiger partial charge in [0.1, 0.15) is 37.0 Å². The van der Waals surface area contributed by atoms with Gasteiger partial charge in [-0.3, -0.25) is 4.79 Å². The highest BCUT2D eigenvalue weighted by Gasteiger charge is 2.37. The van der Waals surface area contributed by atoms with Gasteiger partial charge in [0.2, 0.25) is 5.36 Å². The number of carbonyl (C=O) groups is 2. The van der Waals surface area contributed by atoms with E-state index < -0.39 is 17.0 Å². The third-order valence-electron chi connectivity index (χ3n) is 13.7. The van der Waals surface area contributed by atoms with Crippen LogP contribution >= 0.6 is 0 Å². The van der Waals surface area contributed by atoms with Crippen LogP contribution in [0.4, 0.5) is 11.6 Å². The van der Waals surface area contributed by atoms with Crippen molar-refractivity contribution in [2.45, 2.75) is 89.7 Å². The molecule has 1 aromatic heterocycles. The molecule has 0 amide bonds. The van der Waals surface area contributed by atoms with Crippen molar-refractivity contribution in [3.8, 4) is 11.5 Å². The van der Waals surface area contributed by atoms with Crippen molar-refractivity contribution >= 4 is 29.0 Å². The summed E-state index contributed by atoms with van der Waals surface area (Å²) in [6.45, 7) is 6.19. The average Bonchev–Trinajstić information content (AvgIpc) is 3.71. The monoisotopic (exact) mass is 799 g/mol. The molecule has 59 heavy (non-hydrogen) atoms. The maximum Gasteiger partial charge on any atom is 0.434 e. The highest BCUT2D eigenvalue weighted by Crippen LogP contribution is 2.49. The van der Waals surface area contributed by atoms with Crippen LogP contribution in [0.2, 0.25) is 0 Å². The van der Waals surface area contributed by atoms with E-state index in [1.54, 1.807) is 12.1 Å². The number of aromatic nitrogens is 2. The Morgan fingerprint density at radius 1 is 0.915 bits per heavy atom. The molecule has 306 valence electrons. The van der Waals surface area contributed by atoms with Crippen LogP contribution in [0.15, 0.2) is 42.7 Å². The topological polar surface area (TPSA) is 154 Å². The summed E-state index contributed by atoms with van der Waals surface area (Å²) in [4.78, 5) is 46.4. The minimum absolute atomic E-state index is 0.00317. The van der Waals surface area contributed by atoms with E-state index in [9.17, 15) is 29.9 Å². The van der Waals surface area contributed by atoms with Crippen molar-refractivity contribution in [1.29, 1.82) is 0 Å². The number of aromatic carboxylic acids is 1. The van der Waals surface area contributed by atoms with Crippen molar-refractivity contribution in [3.63, 3.8) is 0 Å². The Hall–Kier alpha value is -5.40. The van der Waals surface area contributed by atoms with Gasteiger partial charge in [0.05, 0.1) is 23.8 Å². The van der Waals surface area contributed by atoms with Gasteiger partial charge >= 0.3 is 11.9 Å². The second-order valence-corrected chi connectivity index (χ2v) is 17.4. The van der Waals surface area contributed by atoms with Crippen molar-refractivity contribution in [1.82, 2.24) is 19.0 Å². The molecule has 13 nitrogen and oxygen atoms in total. The summed E-state index contributed by atoms with van der Waals surface area (Å²) in [7, 11) is 0. The molecule has 4 aromatic rings. The molecule has 1 unspecified atom stereocenters. The summed E-state index contributed by atoms with van der Waals surface area (Å²) in [5.41, 5.74) is 9.47. The fourth-order valence-electron chi connectivity index (χ4n) is 11.1. The average molecular weight is 800 g/mol. The number of carboxylic acids is 1. The van der Waals surface area contributed by atoms with Crippen LogP contribution in [0.25, 0.3) is 5.57 Å². The first kappa shape index (κ1) is 37.8. The van der Waals surface area contributed by atoms with Gasteiger partial charge in [-0.25, -0.2) is 13.9 Å². The third-order valence-corrected chi connectivity index (χ3v) is 13.7. The first-order valence-electron chi connectivity index (χ1n) is 21.6. The quantitative estimate of drug-likeness (QED) is 0.0835. The van der Waals surface area contributed by atoms with Crippen LogP contribution in [-0.2, 0) is 32.2 Å². The van der Waals surface area contributed by atoms with E-state index in [2.05, 4.69) is 31.5 Å². The summed E-state index contributed by atoms with van der Waals surface area (Å²) in [6, 6.07) is 9.71. The number of likely N-dealkylation sites (tertiary alicyclic amines) is 1. The minimum atomic E-state index is -1.02. The van der Waals surface area contributed by atoms with Crippen LogP contribution in [0.5, 0.6) is 11.5 Å². The molecule has 7 heterocycles. The zero-order valence-corrected chi connectivity index (χ0v) is 33.5. The number of anilines is 1. The van der Waals surface area contributed by atoms with E-state index in [-0.39, 0.29) is 23.8 Å². The summed E-state index contributed by atoms with van der Waals surface area (Å²) in [5, 5.41) is 34.9. The molecule has 3 aromatic carbocycles. The molecule has 10 rings (SSSR count). The first-order chi connectivity index (χ1) is 28.7. The fourth-order valence-corrected chi connectivity index (χ4v) is 11.1. The number of aliphatic hydroxyl groups excluding tert-OH is 1. The lowest BCUT2D eigenvalue weighted by Gasteiger charge is -2.39. The van der Waals surface area contributed by atoms with Crippen molar-refractivity contribution in [2.24, 2.45) is 5.92 Å². The molecule has 0 aliphatic carbocycles. The van der Waals surface area contributed by atoms with E-state index in [1.807, 2.05) is 6.07 Å². The molecule has 0 saturated carbocycles. The molecule has 0 spiro atoms. The van der Waals surface area contributed by atoms with E-state index in [1.165, 1.54) is 50.3 Å². The number of carbonyl (C=O) groups excluding carboxylic acids is 1. The largest absolute Gasteiger partial charge is 0.478 e. The molecule has 13 heteroatoms. The van der Waals surface area contributed by atoms with E-state index in [4.69, 9.17) is 4.74 Å². The van der Waals surface area contributed by atoms with E-state index in [0.717, 1.165) is 138 Å². The number of β-amino-alcohol motifs (C(OH)–C–C–N with tert-alkyl or cyclic N) is 1. The van der Waals surface area contributed by atoms with Crippen molar-refractivity contribution in [3.05, 3.63) is 108 Å². The Balaban J connectivity index is 0.960. The Kier molecular flexibility index (Phi) is 9.83. The number of carboxylic acid groups (broad SMARTS) is 1. The predicted molar refractivity (Wildman–Crippen MR) is 221 cm³/mol. The Bertz CT molecular complexity index is 2530. The first-order valence-corrected chi connectivity index (χ1v) is 21.6. The van der Waals surface area contributed by atoms with Crippen molar-refractivity contribution in [2.75, 3.05) is 50.7 Å². The van der Waals surface area contributed by atoms with Gasteiger partial charge in [0.25, 0.3) is 0 Å². The van der Waals surface area contributed by atoms with E-state index >= 15 is 0 Å². The lowest BCUT2D eigenvalue weighted by atomic mass is 9.81. The van der Waals surface area contributed by atoms with Gasteiger partial charge in [-0.15, -0.1) is 0 Å². The molecule has 1 atom stereocenters. The fraction of sp³-hybridized carbons (Fsp3) is 0.478. The number of imidazole rings is 1. The van der Waals surface area contributed by atoms with Crippen LogP contribution in [0, 0.1) is 16.0 Å². The van der Waals surface area contributed by atoms with Gasteiger partial charge in [0, 0.05) is 77.6 Å². The summed E-state index contributed by atoms with van der Waals surface area (Å²) >= 11 is 0. The molecule has 0 bridgehead atoms. The van der Waals surface area contributed by atoms with Gasteiger partial charge in [-0.05, 0) is 117 Å². The van der Waals surface area contributed by atoms with Crippen molar-refractivity contribution < 1.29 is 29.5 Å². The second kappa shape index (κ2) is 15.3. The number of aliphatic hydroxyl groups is 1. The molecule has 6 aliphatic heterocycles. The minimum Gasteiger partial charge on any atom is -0.478 e. The highest BCUT2D eigenvalue weighted by molar-refractivity contribution is 6.03. The van der Waals surface area contributed by atoms with Gasteiger partial charge in [-0.1, -0.05) is 11.1 Å².